The Kier molecular flexibility index (Phi) is 8.02. The number of methoxy groups -OCH3 is 2. The van der Waals surface area contributed by atoms with Crippen molar-refractivity contribution < 1.29 is 28.9 Å². The normalized spacial score (nSPS) is 22.5. The molecule has 2 saturated heterocycles. The lowest BCUT2D eigenvalue weighted by Crippen LogP contribution is -2.42. The van der Waals surface area contributed by atoms with E-state index < -0.39 is 0 Å². The van der Waals surface area contributed by atoms with E-state index in [9.17, 15) is 4.79 Å². The summed E-state index contributed by atoms with van der Waals surface area (Å²) in [5, 5.41) is 6.89. The third-order valence-corrected chi connectivity index (χ3v) is 4.87. The molecule has 0 unspecified atom stereocenters. The van der Waals surface area contributed by atoms with Crippen LogP contribution in [0.1, 0.15) is 11.1 Å². The van der Waals surface area contributed by atoms with Crippen LogP contribution in [0, 0.1) is 5.92 Å². The fraction of sp³-hybridized carbons (Fsp3) is 0.579. The fourth-order valence-electron chi connectivity index (χ4n) is 3.57. The molecule has 1 amide bonds. The van der Waals surface area contributed by atoms with E-state index in [1.54, 1.807) is 14.2 Å². The highest BCUT2D eigenvalue weighted by Crippen LogP contribution is 2.24. The summed E-state index contributed by atoms with van der Waals surface area (Å²) in [4.78, 5) is 25.0. The summed E-state index contributed by atoms with van der Waals surface area (Å²) in [6, 6.07) is 6.33. The van der Waals surface area contributed by atoms with Crippen molar-refractivity contribution in [1.29, 1.82) is 0 Å². The lowest BCUT2D eigenvalue weighted by atomic mass is 10.1. The Morgan fingerprint density at radius 1 is 1.30 bits per heavy atom. The summed E-state index contributed by atoms with van der Waals surface area (Å²) in [5.74, 6) is 0.977. The number of rotatable bonds is 5. The molecule has 3 rings (SSSR count). The number of likely N-dealkylation sites (N-methyl/N-ethyl adjacent to an activating group) is 1. The second kappa shape index (κ2) is 10.2. The maximum Gasteiger partial charge on any atom is 0.290 e. The van der Waals surface area contributed by atoms with Gasteiger partial charge in [0.2, 0.25) is 5.91 Å². The number of benzene rings is 1. The average Bonchev–Trinajstić information content (AvgIpc) is 2.82. The van der Waals surface area contributed by atoms with Gasteiger partial charge < -0.3 is 24.2 Å². The molecule has 0 aromatic heterocycles. The minimum atomic E-state index is -0.250. The van der Waals surface area contributed by atoms with Gasteiger partial charge in [0.1, 0.15) is 5.75 Å². The summed E-state index contributed by atoms with van der Waals surface area (Å²) in [6.45, 7) is 3.81. The molecule has 2 aliphatic heterocycles. The molecular formula is C19H28N2O6. The summed E-state index contributed by atoms with van der Waals surface area (Å²) >= 11 is 0. The first kappa shape index (κ1) is 21.1. The molecule has 0 radical (unpaired) electrons. The molecule has 0 spiro atoms. The molecule has 27 heavy (non-hydrogen) atoms. The Hall–Kier alpha value is -2.16. The average molecular weight is 380 g/mol. The highest BCUT2D eigenvalue weighted by Gasteiger charge is 2.37. The van der Waals surface area contributed by atoms with Gasteiger partial charge in [0.05, 0.1) is 38.9 Å². The van der Waals surface area contributed by atoms with Crippen LogP contribution in [0.2, 0.25) is 0 Å². The van der Waals surface area contributed by atoms with E-state index in [-0.39, 0.29) is 24.3 Å². The van der Waals surface area contributed by atoms with Crippen molar-refractivity contribution in [2.75, 3.05) is 47.6 Å². The minimum Gasteiger partial charge on any atom is -0.496 e. The van der Waals surface area contributed by atoms with Gasteiger partial charge in [-0.15, -0.1) is 0 Å². The number of carbonyl (C=O) groups is 2. The van der Waals surface area contributed by atoms with Crippen LogP contribution in [-0.2, 0) is 32.2 Å². The second-order valence-electron chi connectivity index (χ2n) is 6.72. The Morgan fingerprint density at radius 2 is 2.04 bits per heavy atom. The number of carboxylic acid groups (broad SMARTS) is 1. The molecule has 0 aliphatic carbocycles. The quantitative estimate of drug-likeness (QED) is 0.757. The molecular weight excluding hydrogens is 352 g/mol. The Bertz CT molecular complexity index is 639. The molecule has 1 N–H and O–H groups in total. The summed E-state index contributed by atoms with van der Waals surface area (Å²) in [6.07, 6.45) is 0. The van der Waals surface area contributed by atoms with E-state index >= 15 is 0 Å². The molecule has 2 bridgehead atoms. The van der Waals surface area contributed by atoms with Crippen LogP contribution < -0.4 is 4.74 Å². The van der Waals surface area contributed by atoms with Crippen molar-refractivity contribution in [2.24, 2.45) is 5.92 Å². The molecule has 0 saturated carbocycles. The van der Waals surface area contributed by atoms with Crippen LogP contribution in [0.25, 0.3) is 0 Å². The number of amides is 1. The van der Waals surface area contributed by atoms with Crippen LogP contribution >= 0.6 is 0 Å². The first-order chi connectivity index (χ1) is 13.0. The van der Waals surface area contributed by atoms with Crippen LogP contribution in [0.3, 0.4) is 0 Å². The number of hydrogen-bond donors (Lipinski definition) is 1. The molecule has 2 aliphatic rings. The van der Waals surface area contributed by atoms with Crippen LogP contribution in [0.4, 0.5) is 0 Å². The smallest absolute Gasteiger partial charge is 0.290 e. The van der Waals surface area contributed by atoms with Gasteiger partial charge in [0.25, 0.3) is 6.47 Å². The SMILES string of the molecule is COCc1cc(CN2C[C@@H]3COC[C@H](C2)N(C)C3=O)ccc1OC.O=CO. The molecule has 2 fully saturated rings. The summed E-state index contributed by atoms with van der Waals surface area (Å²) in [7, 11) is 5.25. The van der Waals surface area contributed by atoms with Gasteiger partial charge in [-0.25, -0.2) is 0 Å². The molecule has 150 valence electrons. The van der Waals surface area contributed by atoms with Crippen molar-refractivity contribution >= 4 is 12.4 Å². The number of nitrogens with zero attached hydrogens (tertiary/aromatic N) is 2. The van der Waals surface area contributed by atoms with E-state index in [0.29, 0.717) is 19.8 Å². The Balaban J connectivity index is 0.000000817. The van der Waals surface area contributed by atoms with Crippen LogP contribution in [0.5, 0.6) is 5.75 Å². The van der Waals surface area contributed by atoms with Crippen LogP contribution in [0.15, 0.2) is 18.2 Å². The van der Waals surface area contributed by atoms with Crippen molar-refractivity contribution in [1.82, 2.24) is 9.80 Å². The monoisotopic (exact) mass is 380 g/mol. The number of carbonyl (C=O) groups excluding carboxylic acids is 1. The summed E-state index contributed by atoms with van der Waals surface area (Å²) in [5.41, 5.74) is 2.25. The van der Waals surface area contributed by atoms with E-state index in [2.05, 4.69) is 17.0 Å². The molecule has 8 nitrogen and oxygen atoms in total. The number of fused-ring (bicyclic) bond motifs is 3. The largest absolute Gasteiger partial charge is 0.496 e. The molecule has 2 heterocycles. The highest BCUT2D eigenvalue weighted by molar-refractivity contribution is 5.79. The standard InChI is InChI=1S/C18H26N2O4.CH2O2/c1-19-16-9-20(8-15(18(19)21)11-24-12-16)7-13-4-5-17(23-3)14(6-13)10-22-2;2-1-3/h4-6,15-16H,7-12H2,1-3H3;1H,(H,2,3)/t15-,16+;/m1./s1. The third kappa shape index (κ3) is 5.41. The Labute approximate surface area is 159 Å². The van der Waals surface area contributed by atoms with Gasteiger partial charge in [-0.2, -0.15) is 0 Å². The van der Waals surface area contributed by atoms with E-state index in [1.807, 2.05) is 18.0 Å². The topological polar surface area (TPSA) is 88.5 Å². The third-order valence-electron chi connectivity index (χ3n) is 4.87. The number of hydrogen-bond acceptors (Lipinski definition) is 6. The van der Waals surface area contributed by atoms with E-state index in [0.717, 1.165) is 30.9 Å². The number of ether oxygens (including phenoxy) is 3. The van der Waals surface area contributed by atoms with Gasteiger partial charge in [-0.1, -0.05) is 6.07 Å². The van der Waals surface area contributed by atoms with E-state index in [4.69, 9.17) is 24.1 Å². The van der Waals surface area contributed by atoms with Gasteiger partial charge in [-0.05, 0) is 17.7 Å². The van der Waals surface area contributed by atoms with Crippen LogP contribution in [-0.4, -0.2) is 80.9 Å². The van der Waals surface area contributed by atoms with Crippen molar-refractivity contribution in [3.8, 4) is 5.75 Å². The lowest BCUT2D eigenvalue weighted by molar-refractivity contribution is -0.134. The first-order valence-electron chi connectivity index (χ1n) is 8.83. The molecule has 1 aromatic rings. The predicted octanol–water partition coefficient (Wildman–Crippen LogP) is 0.831. The second-order valence-corrected chi connectivity index (χ2v) is 6.72. The predicted molar refractivity (Wildman–Crippen MR) is 98.5 cm³/mol. The first-order valence-corrected chi connectivity index (χ1v) is 8.83. The lowest BCUT2D eigenvalue weighted by Gasteiger charge is -2.29. The fourth-order valence-corrected chi connectivity index (χ4v) is 3.57. The maximum absolute atomic E-state index is 12.4. The summed E-state index contributed by atoms with van der Waals surface area (Å²) < 4.78 is 16.3. The highest BCUT2D eigenvalue weighted by atomic mass is 16.5. The van der Waals surface area contributed by atoms with Crippen molar-refractivity contribution in [3.05, 3.63) is 29.3 Å². The maximum atomic E-state index is 12.4. The van der Waals surface area contributed by atoms with Gasteiger partial charge in [0.15, 0.2) is 0 Å². The van der Waals surface area contributed by atoms with E-state index in [1.165, 1.54) is 5.56 Å². The van der Waals surface area contributed by atoms with Crippen molar-refractivity contribution in [3.63, 3.8) is 0 Å². The van der Waals surface area contributed by atoms with Crippen molar-refractivity contribution in [2.45, 2.75) is 19.2 Å². The van der Waals surface area contributed by atoms with Gasteiger partial charge in [0, 0.05) is 39.4 Å². The molecule has 1 aromatic carbocycles. The van der Waals surface area contributed by atoms with Gasteiger partial charge >= 0.3 is 0 Å². The Morgan fingerprint density at radius 3 is 2.70 bits per heavy atom. The van der Waals surface area contributed by atoms with Gasteiger partial charge in [-0.3, -0.25) is 14.5 Å². The zero-order chi connectivity index (χ0) is 19.8. The molecule has 2 atom stereocenters. The zero-order valence-electron chi connectivity index (χ0n) is 16.1. The minimum absolute atomic E-state index is 0.0702. The zero-order valence-corrected chi connectivity index (χ0v) is 16.1. The molecule has 8 heteroatoms.